The predicted octanol–water partition coefficient (Wildman–Crippen LogP) is 2.82. The zero-order valence-corrected chi connectivity index (χ0v) is 13.2. The summed E-state index contributed by atoms with van der Waals surface area (Å²) in [5.41, 5.74) is 2.35. The molecular weight excluding hydrogens is 319 g/mol. The lowest BCUT2D eigenvalue weighted by molar-refractivity contribution is -0.116. The fourth-order valence-corrected chi connectivity index (χ4v) is 3.69. The molecule has 0 saturated heterocycles. The summed E-state index contributed by atoms with van der Waals surface area (Å²) in [5.74, 6) is -1.08. The average Bonchev–Trinajstić information content (AvgIpc) is 2.76. The smallest absolute Gasteiger partial charge is 0.236 e. The Balaban J connectivity index is 1.79. The summed E-state index contributed by atoms with van der Waals surface area (Å²) in [6.07, 6.45) is 0. The van der Waals surface area contributed by atoms with Crippen LogP contribution in [0.25, 0.3) is 0 Å². The van der Waals surface area contributed by atoms with Gasteiger partial charge >= 0.3 is 0 Å². The molecule has 120 valence electrons. The van der Waals surface area contributed by atoms with Crippen LogP contribution in [0.5, 0.6) is 0 Å². The van der Waals surface area contributed by atoms with Gasteiger partial charge in [-0.3, -0.25) is 9.52 Å². The lowest BCUT2D eigenvalue weighted by Crippen LogP contribution is -2.15. The van der Waals surface area contributed by atoms with Crippen LogP contribution in [0.2, 0.25) is 0 Å². The van der Waals surface area contributed by atoms with E-state index in [9.17, 15) is 17.6 Å². The number of halogens is 1. The minimum absolute atomic E-state index is 0.105. The van der Waals surface area contributed by atoms with E-state index >= 15 is 0 Å². The van der Waals surface area contributed by atoms with Crippen LogP contribution in [0.15, 0.2) is 42.5 Å². The number of hydrogen-bond acceptors (Lipinski definition) is 3. The van der Waals surface area contributed by atoms with Crippen molar-refractivity contribution in [3.63, 3.8) is 0 Å². The third-order valence-electron chi connectivity index (χ3n) is 3.71. The molecular formula is C16H15FN2O3S. The highest BCUT2D eigenvalue weighted by molar-refractivity contribution is 7.91. The van der Waals surface area contributed by atoms with E-state index in [0.717, 1.165) is 5.56 Å². The van der Waals surface area contributed by atoms with Crippen molar-refractivity contribution in [1.82, 2.24) is 0 Å². The summed E-state index contributed by atoms with van der Waals surface area (Å²) in [7, 11) is -3.63. The summed E-state index contributed by atoms with van der Waals surface area (Å²) in [5, 5.41) is 2.73. The molecule has 0 bridgehead atoms. The molecule has 2 aromatic rings. The summed E-state index contributed by atoms with van der Waals surface area (Å²) in [4.78, 5) is 11.6. The van der Waals surface area contributed by atoms with Gasteiger partial charge in [0.15, 0.2) is 0 Å². The van der Waals surface area contributed by atoms with Gasteiger partial charge in [-0.2, -0.15) is 0 Å². The second-order valence-electron chi connectivity index (χ2n) is 5.50. The second kappa shape index (κ2) is 5.66. The molecule has 7 heteroatoms. The molecule has 1 amide bonds. The Hall–Kier alpha value is -2.41. The lowest BCUT2D eigenvalue weighted by atomic mass is 10.0. The van der Waals surface area contributed by atoms with Gasteiger partial charge in [-0.1, -0.05) is 12.1 Å². The number of amides is 1. The lowest BCUT2D eigenvalue weighted by Gasteiger charge is -2.10. The van der Waals surface area contributed by atoms with Crippen LogP contribution in [-0.2, 0) is 20.6 Å². The topological polar surface area (TPSA) is 75.3 Å². The average molecular weight is 334 g/mol. The Morgan fingerprint density at radius 2 is 1.87 bits per heavy atom. The van der Waals surface area contributed by atoms with Crippen LogP contribution in [-0.4, -0.2) is 14.3 Å². The van der Waals surface area contributed by atoms with Crippen LogP contribution in [0.4, 0.5) is 15.8 Å². The highest BCUT2D eigenvalue weighted by Gasteiger charge is 2.26. The first-order chi connectivity index (χ1) is 10.8. The van der Waals surface area contributed by atoms with Gasteiger partial charge in [-0.15, -0.1) is 0 Å². The third kappa shape index (κ3) is 3.34. The Kier molecular flexibility index (Phi) is 3.81. The van der Waals surface area contributed by atoms with Crippen molar-refractivity contribution in [2.75, 3.05) is 10.0 Å². The molecule has 0 spiro atoms. The van der Waals surface area contributed by atoms with Gasteiger partial charge in [0.25, 0.3) is 0 Å². The van der Waals surface area contributed by atoms with Gasteiger partial charge in [0.1, 0.15) is 5.82 Å². The van der Waals surface area contributed by atoms with E-state index in [1.165, 1.54) is 24.3 Å². The first kappa shape index (κ1) is 15.5. The second-order valence-corrected chi connectivity index (χ2v) is 7.22. The fourth-order valence-electron chi connectivity index (χ4n) is 2.50. The molecule has 3 rings (SSSR count). The minimum atomic E-state index is -3.63. The van der Waals surface area contributed by atoms with Crippen molar-refractivity contribution in [2.45, 2.75) is 18.6 Å². The minimum Gasteiger partial charge on any atom is -0.325 e. The number of benzene rings is 2. The molecule has 0 aliphatic carbocycles. The van der Waals surface area contributed by atoms with Gasteiger partial charge in [0.2, 0.25) is 15.9 Å². The third-order valence-corrected chi connectivity index (χ3v) is 4.97. The number of carbonyl (C=O) groups excluding carboxylic acids is 1. The van der Waals surface area contributed by atoms with Gasteiger partial charge in [-0.05, 0) is 48.4 Å². The number of hydrogen-bond donors (Lipinski definition) is 2. The fraction of sp³-hybridized carbons (Fsp3) is 0.188. The molecule has 0 saturated carbocycles. The molecule has 1 atom stereocenters. The first-order valence-electron chi connectivity index (χ1n) is 7.04. The summed E-state index contributed by atoms with van der Waals surface area (Å²) >= 11 is 0. The molecule has 1 unspecified atom stereocenters. The zero-order chi connectivity index (χ0) is 16.6. The quantitative estimate of drug-likeness (QED) is 0.903. The normalized spacial score (nSPS) is 16.8. The van der Waals surface area contributed by atoms with Gasteiger partial charge in [0, 0.05) is 11.4 Å². The van der Waals surface area contributed by atoms with E-state index in [4.69, 9.17) is 0 Å². The number of nitrogens with one attached hydrogen (secondary N) is 2. The van der Waals surface area contributed by atoms with Crippen molar-refractivity contribution >= 4 is 27.3 Å². The van der Waals surface area contributed by atoms with Crippen molar-refractivity contribution in [3.05, 3.63) is 59.4 Å². The largest absolute Gasteiger partial charge is 0.325 e. The molecule has 1 heterocycles. The standard InChI is InChI=1S/C16H15FN2O3S/c1-10-14-8-13(6-7-15(14)18-16(10)20)19-23(21,22)9-11-2-4-12(17)5-3-11/h2-8,10,19H,9H2,1H3,(H,18,20). The number of rotatable bonds is 4. The van der Waals surface area contributed by atoms with Crippen LogP contribution < -0.4 is 10.0 Å². The van der Waals surface area contributed by atoms with Gasteiger partial charge in [-0.25, -0.2) is 12.8 Å². The molecule has 1 aliphatic rings. The monoisotopic (exact) mass is 334 g/mol. The Morgan fingerprint density at radius 1 is 1.17 bits per heavy atom. The maximum absolute atomic E-state index is 12.9. The predicted molar refractivity (Wildman–Crippen MR) is 86.1 cm³/mol. The highest BCUT2D eigenvalue weighted by atomic mass is 32.2. The molecule has 2 N–H and O–H groups in total. The van der Waals surface area contributed by atoms with Crippen molar-refractivity contribution in [2.24, 2.45) is 0 Å². The molecule has 0 radical (unpaired) electrons. The Morgan fingerprint density at radius 3 is 2.57 bits per heavy atom. The molecule has 5 nitrogen and oxygen atoms in total. The first-order valence-corrected chi connectivity index (χ1v) is 8.69. The van der Waals surface area contributed by atoms with E-state index in [1.54, 1.807) is 25.1 Å². The van der Waals surface area contributed by atoms with Gasteiger partial charge in [0.05, 0.1) is 11.7 Å². The molecule has 2 aromatic carbocycles. The number of carbonyl (C=O) groups is 1. The van der Waals surface area contributed by atoms with E-state index < -0.39 is 15.8 Å². The van der Waals surface area contributed by atoms with Crippen LogP contribution in [0.1, 0.15) is 24.0 Å². The summed E-state index contributed by atoms with van der Waals surface area (Å²) in [6, 6.07) is 10.2. The molecule has 0 fully saturated rings. The molecule has 1 aliphatic heterocycles. The number of fused-ring (bicyclic) bond motifs is 1. The van der Waals surface area contributed by atoms with E-state index in [2.05, 4.69) is 10.0 Å². The molecule has 0 aromatic heterocycles. The summed E-state index contributed by atoms with van der Waals surface area (Å²) < 4.78 is 39.8. The van der Waals surface area contributed by atoms with Crippen LogP contribution in [0, 0.1) is 5.82 Å². The molecule has 23 heavy (non-hydrogen) atoms. The Labute approximate surface area is 133 Å². The highest BCUT2D eigenvalue weighted by Crippen LogP contribution is 2.34. The SMILES string of the molecule is CC1C(=O)Nc2ccc(NS(=O)(=O)Cc3ccc(F)cc3)cc21. The van der Waals surface area contributed by atoms with Gasteiger partial charge < -0.3 is 5.32 Å². The van der Waals surface area contributed by atoms with Crippen LogP contribution in [0.3, 0.4) is 0 Å². The van der Waals surface area contributed by atoms with Crippen LogP contribution >= 0.6 is 0 Å². The Bertz CT molecular complexity index is 863. The summed E-state index contributed by atoms with van der Waals surface area (Å²) in [6.45, 7) is 1.76. The van der Waals surface area contributed by atoms with E-state index in [0.29, 0.717) is 16.9 Å². The van der Waals surface area contributed by atoms with E-state index in [1.807, 2.05) is 0 Å². The zero-order valence-electron chi connectivity index (χ0n) is 12.3. The number of sulfonamides is 1. The maximum atomic E-state index is 12.9. The van der Waals surface area contributed by atoms with Crippen molar-refractivity contribution in [3.8, 4) is 0 Å². The van der Waals surface area contributed by atoms with E-state index in [-0.39, 0.29) is 17.6 Å². The maximum Gasteiger partial charge on any atom is 0.236 e. The van der Waals surface area contributed by atoms with Crippen molar-refractivity contribution in [1.29, 1.82) is 0 Å². The number of anilines is 2. The van der Waals surface area contributed by atoms with Crippen molar-refractivity contribution < 1.29 is 17.6 Å².